The minimum absolute atomic E-state index is 0.00663. The van der Waals surface area contributed by atoms with Gasteiger partial charge >= 0.3 is 0 Å². The summed E-state index contributed by atoms with van der Waals surface area (Å²) in [5.74, 6) is 0.00663. The lowest BCUT2D eigenvalue weighted by Gasteiger charge is -2.13. The Morgan fingerprint density at radius 1 is 1.19 bits per heavy atom. The molecule has 1 aliphatic heterocycles. The normalized spacial score (nSPS) is 14.3. The first-order valence-corrected chi connectivity index (χ1v) is 13.0. The molecule has 3 heterocycles. The first-order chi connectivity index (χ1) is 15.2. The lowest BCUT2D eigenvalue weighted by atomic mass is 10.2. The van der Waals surface area contributed by atoms with Crippen molar-refractivity contribution in [2.45, 2.75) is 38.1 Å². The number of thiazole rings is 1. The Balaban J connectivity index is 1.60. The van der Waals surface area contributed by atoms with E-state index in [1.807, 2.05) is 18.9 Å². The lowest BCUT2D eigenvalue weighted by Crippen LogP contribution is -2.27. The second kappa shape index (κ2) is 8.97. The third kappa shape index (κ3) is 4.47. The predicted octanol–water partition coefficient (Wildman–Crippen LogP) is 4.13. The summed E-state index contributed by atoms with van der Waals surface area (Å²) in [4.78, 5) is 20.1. The van der Waals surface area contributed by atoms with Crippen molar-refractivity contribution in [2.24, 2.45) is 7.05 Å². The first kappa shape index (κ1) is 23.0. The highest BCUT2D eigenvalue weighted by Crippen LogP contribution is 2.33. The van der Waals surface area contributed by atoms with Gasteiger partial charge in [0.15, 0.2) is 0 Å². The molecule has 2 aromatic heterocycles. The SMILES string of the molecule is Cc1nc(-c2cc(S(=O)(=O)NCc3ccc(Cl)cc3)c(C)n2C)sc1C(=O)N1CCCC1. The Labute approximate surface area is 197 Å². The molecule has 32 heavy (non-hydrogen) atoms. The number of nitrogens with one attached hydrogen (secondary N) is 1. The zero-order valence-electron chi connectivity index (χ0n) is 18.2. The zero-order chi connectivity index (χ0) is 23.0. The molecule has 0 saturated carbocycles. The monoisotopic (exact) mass is 492 g/mol. The van der Waals surface area contributed by atoms with E-state index in [0.717, 1.165) is 31.5 Å². The zero-order valence-corrected chi connectivity index (χ0v) is 20.6. The molecule has 0 unspecified atom stereocenters. The topological polar surface area (TPSA) is 84.3 Å². The van der Waals surface area contributed by atoms with E-state index in [1.165, 1.54) is 11.3 Å². The van der Waals surface area contributed by atoms with Gasteiger partial charge < -0.3 is 9.47 Å². The number of likely N-dealkylation sites (tertiary alicyclic amines) is 1. The number of amides is 1. The van der Waals surface area contributed by atoms with Gasteiger partial charge in [-0.3, -0.25) is 4.79 Å². The van der Waals surface area contributed by atoms with Gasteiger partial charge in [0.25, 0.3) is 5.91 Å². The van der Waals surface area contributed by atoms with Gasteiger partial charge in [-0.25, -0.2) is 18.1 Å². The molecule has 0 atom stereocenters. The number of carbonyl (C=O) groups is 1. The van der Waals surface area contributed by atoms with Crippen LogP contribution < -0.4 is 4.72 Å². The third-order valence-corrected chi connectivity index (χ3v) is 8.70. The first-order valence-electron chi connectivity index (χ1n) is 10.3. The van der Waals surface area contributed by atoms with Gasteiger partial charge in [-0.15, -0.1) is 11.3 Å². The quantitative estimate of drug-likeness (QED) is 0.560. The average molecular weight is 493 g/mol. The number of benzene rings is 1. The molecular formula is C22H25ClN4O3S2. The molecule has 0 radical (unpaired) electrons. The largest absolute Gasteiger partial charge is 0.345 e. The fraction of sp³-hybridized carbons (Fsp3) is 0.364. The van der Waals surface area contributed by atoms with Crippen molar-refractivity contribution in [3.8, 4) is 10.7 Å². The molecule has 1 fully saturated rings. The minimum atomic E-state index is -3.74. The van der Waals surface area contributed by atoms with Crippen molar-refractivity contribution < 1.29 is 13.2 Å². The number of hydrogen-bond donors (Lipinski definition) is 1. The fourth-order valence-corrected chi connectivity index (χ4v) is 6.29. The molecule has 1 aliphatic rings. The number of carbonyl (C=O) groups excluding carboxylic acids is 1. The van der Waals surface area contributed by atoms with Gasteiger partial charge in [-0.2, -0.15) is 0 Å². The van der Waals surface area contributed by atoms with Gasteiger partial charge in [0.05, 0.1) is 11.4 Å². The van der Waals surface area contributed by atoms with Crippen molar-refractivity contribution in [1.29, 1.82) is 0 Å². The van der Waals surface area contributed by atoms with Gasteiger partial charge in [-0.1, -0.05) is 23.7 Å². The number of rotatable bonds is 6. The number of aryl methyl sites for hydroxylation is 1. The second-order valence-corrected chi connectivity index (χ2v) is 11.1. The maximum absolute atomic E-state index is 13.0. The molecule has 1 N–H and O–H groups in total. The highest BCUT2D eigenvalue weighted by molar-refractivity contribution is 7.89. The predicted molar refractivity (Wildman–Crippen MR) is 127 cm³/mol. The summed E-state index contributed by atoms with van der Waals surface area (Å²) in [6.45, 7) is 5.29. The van der Waals surface area contributed by atoms with E-state index < -0.39 is 10.0 Å². The second-order valence-electron chi connectivity index (χ2n) is 7.92. The van der Waals surface area contributed by atoms with Crippen molar-refractivity contribution >= 4 is 38.9 Å². The van der Waals surface area contributed by atoms with E-state index in [1.54, 1.807) is 41.8 Å². The Hall–Kier alpha value is -2.20. The Morgan fingerprint density at radius 2 is 1.84 bits per heavy atom. The molecular weight excluding hydrogens is 468 g/mol. The number of nitrogens with zero attached hydrogens (tertiary/aromatic N) is 3. The van der Waals surface area contributed by atoms with Gasteiger partial charge in [0.2, 0.25) is 10.0 Å². The molecule has 0 spiro atoms. The van der Waals surface area contributed by atoms with Crippen molar-refractivity contribution in [3.05, 3.63) is 57.2 Å². The van der Waals surface area contributed by atoms with Gasteiger partial charge in [-0.05, 0) is 50.5 Å². The molecule has 4 rings (SSSR count). The standard InChI is InChI=1S/C22H25ClN4O3S2/c1-14-20(22(28)27-10-4-5-11-27)31-21(25-14)18-12-19(15(2)26(18)3)32(29,30)24-13-16-6-8-17(23)9-7-16/h6-9,12,24H,4-5,10-11,13H2,1-3H3. The van der Waals surface area contributed by atoms with E-state index in [2.05, 4.69) is 9.71 Å². The van der Waals surface area contributed by atoms with Crippen LogP contribution in [0.4, 0.5) is 0 Å². The van der Waals surface area contributed by atoms with Crippen LogP contribution in [0.3, 0.4) is 0 Å². The van der Waals surface area contributed by atoms with Crippen LogP contribution in [0.5, 0.6) is 0 Å². The highest BCUT2D eigenvalue weighted by atomic mass is 35.5. The van der Waals surface area contributed by atoms with Crippen LogP contribution in [0.1, 0.15) is 39.5 Å². The molecule has 10 heteroatoms. The summed E-state index contributed by atoms with van der Waals surface area (Å²) in [6, 6.07) is 8.64. The summed E-state index contributed by atoms with van der Waals surface area (Å²) in [6.07, 6.45) is 2.05. The number of halogens is 1. The number of sulfonamides is 1. The van der Waals surface area contributed by atoms with E-state index in [9.17, 15) is 13.2 Å². The summed E-state index contributed by atoms with van der Waals surface area (Å²) < 4.78 is 30.5. The molecule has 170 valence electrons. The van der Waals surface area contributed by atoms with Crippen LogP contribution in [0.25, 0.3) is 10.7 Å². The van der Waals surface area contributed by atoms with Gasteiger partial charge in [0, 0.05) is 37.4 Å². The smallest absolute Gasteiger partial charge is 0.265 e. The Bertz CT molecular complexity index is 1260. The van der Waals surface area contributed by atoms with Crippen LogP contribution in [-0.2, 0) is 23.6 Å². The Kier molecular flexibility index (Phi) is 6.44. The molecule has 0 bridgehead atoms. The van der Waals surface area contributed by atoms with E-state index >= 15 is 0 Å². The maximum atomic E-state index is 13.0. The molecule has 3 aromatic rings. The molecule has 0 aliphatic carbocycles. The van der Waals surface area contributed by atoms with Crippen molar-refractivity contribution in [1.82, 2.24) is 19.2 Å². The van der Waals surface area contributed by atoms with Gasteiger partial charge in [0.1, 0.15) is 14.8 Å². The third-order valence-electron chi connectivity index (χ3n) is 5.76. The fourth-order valence-electron chi connectivity index (χ4n) is 3.78. The Morgan fingerprint density at radius 3 is 2.50 bits per heavy atom. The van der Waals surface area contributed by atoms with Crippen molar-refractivity contribution in [3.63, 3.8) is 0 Å². The van der Waals surface area contributed by atoms with Crippen LogP contribution in [0.2, 0.25) is 5.02 Å². The number of aromatic nitrogens is 2. The summed E-state index contributed by atoms with van der Waals surface area (Å²) in [7, 11) is -1.94. The van der Waals surface area contributed by atoms with Crippen LogP contribution in [-0.4, -0.2) is 41.9 Å². The summed E-state index contributed by atoms with van der Waals surface area (Å²) in [5, 5.41) is 1.23. The van der Waals surface area contributed by atoms with Crippen LogP contribution in [0.15, 0.2) is 35.2 Å². The molecule has 1 amide bonds. The average Bonchev–Trinajstić information content (AvgIpc) is 3.48. The van der Waals surface area contributed by atoms with E-state index in [0.29, 0.717) is 32.0 Å². The van der Waals surface area contributed by atoms with Crippen LogP contribution in [0, 0.1) is 13.8 Å². The van der Waals surface area contributed by atoms with E-state index in [4.69, 9.17) is 11.6 Å². The highest BCUT2D eigenvalue weighted by Gasteiger charge is 2.27. The maximum Gasteiger partial charge on any atom is 0.265 e. The van der Waals surface area contributed by atoms with Crippen molar-refractivity contribution in [2.75, 3.05) is 13.1 Å². The molecule has 1 saturated heterocycles. The molecule has 7 nitrogen and oxygen atoms in total. The van der Waals surface area contributed by atoms with Crippen LogP contribution >= 0.6 is 22.9 Å². The van der Waals surface area contributed by atoms with E-state index in [-0.39, 0.29) is 17.3 Å². The molecule has 1 aromatic carbocycles. The number of hydrogen-bond acceptors (Lipinski definition) is 5. The minimum Gasteiger partial charge on any atom is -0.345 e. The summed E-state index contributed by atoms with van der Waals surface area (Å²) in [5.41, 5.74) is 2.75. The lowest BCUT2D eigenvalue weighted by molar-refractivity contribution is 0.0796. The summed E-state index contributed by atoms with van der Waals surface area (Å²) >= 11 is 7.21.